The van der Waals surface area contributed by atoms with Gasteiger partial charge in [0.15, 0.2) is 0 Å². The molecule has 0 aliphatic carbocycles. The van der Waals surface area contributed by atoms with E-state index in [1.54, 1.807) is 23.5 Å². The predicted octanol–water partition coefficient (Wildman–Crippen LogP) is 4.45. The van der Waals surface area contributed by atoms with E-state index in [0.717, 1.165) is 15.3 Å². The fraction of sp³-hybridized carbons (Fsp3) is 0.150. The summed E-state index contributed by atoms with van der Waals surface area (Å²) in [6.07, 6.45) is -0.181. The zero-order chi connectivity index (χ0) is 19.7. The van der Waals surface area contributed by atoms with Gasteiger partial charge in [0, 0.05) is 20.7 Å². The second-order valence-corrected chi connectivity index (χ2v) is 8.33. The van der Waals surface area contributed by atoms with Crippen molar-refractivity contribution >= 4 is 38.9 Å². The number of H-pyrrole nitrogens is 1. The van der Waals surface area contributed by atoms with Gasteiger partial charge in [-0.15, -0.1) is 22.7 Å². The first kappa shape index (κ1) is 18.5. The van der Waals surface area contributed by atoms with E-state index in [9.17, 15) is 14.0 Å². The zero-order valence-electron chi connectivity index (χ0n) is 14.8. The highest BCUT2D eigenvalue weighted by Gasteiger charge is 2.15. The fourth-order valence-electron chi connectivity index (χ4n) is 2.82. The Morgan fingerprint density at radius 1 is 1.25 bits per heavy atom. The van der Waals surface area contributed by atoms with Crippen LogP contribution in [-0.2, 0) is 22.6 Å². The first-order valence-corrected chi connectivity index (χ1v) is 10.2. The summed E-state index contributed by atoms with van der Waals surface area (Å²) in [5.74, 6) is -0.786. The predicted molar refractivity (Wildman–Crippen MR) is 108 cm³/mol. The molecule has 0 aliphatic heterocycles. The molecule has 0 saturated heterocycles. The number of esters is 1. The summed E-state index contributed by atoms with van der Waals surface area (Å²) < 4.78 is 18.8. The van der Waals surface area contributed by atoms with Crippen molar-refractivity contribution in [2.75, 3.05) is 0 Å². The number of ether oxygens (including phenoxy) is 1. The molecular formula is C20H15FN2O3S2. The highest BCUT2D eigenvalue weighted by Crippen LogP contribution is 2.34. The third-order valence-corrected chi connectivity index (χ3v) is 6.07. The number of aryl methyl sites for hydroxylation is 1. The smallest absolute Gasteiger partial charge is 0.310 e. The number of aromatic amines is 1. The van der Waals surface area contributed by atoms with Gasteiger partial charge in [-0.25, -0.2) is 9.37 Å². The summed E-state index contributed by atoms with van der Waals surface area (Å²) in [5, 5.41) is 2.44. The number of hydrogen-bond donors (Lipinski definition) is 1. The Kier molecular flexibility index (Phi) is 5.06. The Hall–Kier alpha value is -2.84. The fourth-order valence-corrected chi connectivity index (χ4v) is 4.74. The van der Waals surface area contributed by atoms with Crippen molar-refractivity contribution in [2.45, 2.75) is 20.0 Å². The van der Waals surface area contributed by atoms with Gasteiger partial charge in [-0.1, -0.05) is 18.2 Å². The molecule has 0 atom stereocenters. The number of benzene rings is 1. The maximum atomic E-state index is 13.6. The molecule has 4 rings (SSSR count). The van der Waals surface area contributed by atoms with Crippen molar-refractivity contribution in [1.29, 1.82) is 0 Å². The van der Waals surface area contributed by atoms with Crippen molar-refractivity contribution < 1.29 is 13.9 Å². The number of nitrogens with zero attached hydrogens (tertiary/aromatic N) is 1. The lowest BCUT2D eigenvalue weighted by Gasteiger charge is -2.05. The summed E-state index contributed by atoms with van der Waals surface area (Å²) in [7, 11) is 0. The minimum absolute atomic E-state index is 0.177. The van der Waals surface area contributed by atoms with Gasteiger partial charge in [-0.05, 0) is 30.7 Å². The van der Waals surface area contributed by atoms with E-state index in [2.05, 4.69) is 9.97 Å². The van der Waals surface area contributed by atoms with Gasteiger partial charge in [0.25, 0.3) is 5.56 Å². The normalized spacial score (nSPS) is 11.1. The van der Waals surface area contributed by atoms with Crippen LogP contribution in [0.3, 0.4) is 0 Å². The first-order chi connectivity index (χ1) is 13.5. The summed E-state index contributed by atoms with van der Waals surface area (Å²) in [5.41, 5.74) is 0.848. The SMILES string of the molecule is Cc1ccc(-c2csc3nc(COC(=O)Cc4ccccc4F)[nH]c(=O)c23)s1. The topological polar surface area (TPSA) is 72.0 Å². The molecule has 0 unspecified atom stereocenters. The molecule has 3 heterocycles. The van der Waals surface area contributed by atoms with Crippen LogP contribution < -0.4 is 5.56 Å². The molecule has 8 heteroatoms. The van der Waals surface area contributed by atoms with Crippen LogP contribution in [-0.4, -0.2) is 15.9 Å². The molecule has 0 radical (unpaired) electrons. The van der Waals surface area contributed by atoms with Gasteiger partial charge in [0.1, 0.15) is 23.1 Å². The molecule has 1 N–H and O–H groups in total. The van der Waals surface area contributed by atoms with Gasteiger partial charge in [-0.3, -0.25) is 9.59 Å². The van der Waals surface area contributed by atoms with Crippen LogP contribution in [0.5, 0.6) is 0 Å². The van der Waals surface area contributed by atoms with Crippen LogP contribution in [0.25, 0.3) is 20.7 Å². The molecule has 142 valence electrons. The van der Waals surface area contributed by atoms with E-state index >= 15 is 0 Å². The van der Waals surface area contributed by atoms with Gasteiger partial charge >= 0.3 is 5.97 Å². The molecule has 1 aromatic carbocycles. The molecule has 0 bridgehead atoms. The molecule has 0 amide bonds. The van der Waals surface area contributed by atoms with Gasteiger partial charge in [0.2, 0.25) is 0 Å². The molecule has 0 fully saturated rings. The number of hydrogen-bond acceptors (Lipinski definition) is 6. The van der Waals surface area contributed by atoms with Crippen LogP contribution in [0.4, 0.5) is 4.39 Å². The minimum Gasteiger partial charge on any atom is -0.457 e. The average Bonchev–Trinajstić information content (AvgIpc) is 3.28. The zero-order valence-corrected chi connectivity index (χ0v) is 16.5. The average molecular weight is 414 g/mol. The molecule has 0 spiro atoms. The molecule has 5 nitrogen and oxygen atoms in total. The number of halogens is 1. The number of nitrogens with one attached hydrogen (secondary N) is 1. The van der Waals surface area contributed by atoms with Crippen LogP contribution >= 0.6 is 22.7 Å². The van der Waals surface area contributed by atoms with E-state index in [0.29, 0.717) is 10.2 Å². The van der Waals surface area contributed by atoms with Gasteiger partial charge < -0.3 is 9.72 Å². The van der Waals surface area contributed by atoms with Crippen LogP contribution in [0.1, 0.15) is 16.3 Å². The Balaban J connectivity index is 1.52. The van der Waals surface area contributed by atoms with Crippen LogP contribution in [0.15, 0.2) is 46.6 Å². The summed E-state index contributed by atoms with van der Waals surface area (Å²) in [6.45, 7) is 1.84. The second-order valence-electron chi connectivity index (χ2n) is 6.18. The maximum Gasteiger partial charge on any atom is 0.310 e. The maximum absolute atomic E-state index is 13.6. The van der Waals surface area contributed by atoms with E-state index in [1.807, 2.05) is 24.4 Å². The minimum atomic E-state index is -0.589. The third kappa shape index (κ3) is 3.74. The summed E-state index contributed by atoms with van der Waals surface area (Å²) in [6, 6.07) is 10.0. The number of fused-ring (bicyclic) bond motifs is 1. The van der Waals surface area contributed by atoms with Crippen LogP contribution in [0.2, 0.25) is 0 Å². The molecule has 3 aromatic heterocycles. The monoisotopic (exact) mass is 414 g/mol. The number of rotatable bonds is 5. The lowest BCUT2D eigenvalue weighted by Crippen LogP contribution is -2.15. The third-order valence-electron chi connectivity index (χ3n) is 4.16. The standard InChI is InChI=1S/C20H15FN2O3S2/c1-11-6-7-15(28-11)13-10-27-20-18(13)19(25)22-16(23-20)9-26-17(24)8-12-4-2-3-5-14(12)21/h2-7,10H,8-9H2,1H3,(H,22,23,25). The van der Waals surface area contributed by atoms with E-state index < -0.39 is 11.8 Å². The number of aromatic nitrogens is 2. The molecule has 0 saturated carbocycles. The van der Waals surface area contributed by atoms with Crippen molar-refractivity contribution in [3.05, 3.63) is 74.2 Å². The van der Waals surface area contributed by atoms with Crippen molar-refractivity contribution in [3.63, 3.8) is 0 Å². The lowest BCUT2D eigenvalue weighted by molar-refractivity contribution is -0.144. The molecule has 4 aromatic rings. The number of carbonyl (C=O) groups is 1. The second kappa shape index (κ2) is 7.65. The van der Waals surface area contributed by atoms with E-state index in [-0.39, 0.29) is 30.0 Å². The Morgan fingerprint density at radius 3 is 2.82 bits per heavy atom. The molecule has 28 heavy (non-hydrogen) atoms. The van der Waals surface area contributed by atoms with Crippen molar-refractivity contribution in [1.82, 2.24) is 9.97 Å². The number of thiophene rings is 2. The van der Waals surface area contributed by atoms with Gasteiger partial charge in [0.05, 0.1) is 11.8 Å². The number of carbonyl (C=O) groups excluding carboxylic acids is 1. The molecule has 0 aliphatic rings. The quantitative estimate of drug-likeness (QED) is 0.490. The summed E-state index contributed by atoms with van der Waals surface area (Å²) in [4.78, 5) is 34.4. The van der Waals surface area contributed by atoms with Gasteiger partial charge in [-0.2, -0.15) is 0 Å². The Labute approximate surface area is 167 Å². The lowest BCUT2D eigenvalue weighted by atomic mass is 10.1. The van der Waals surface area contributed by atoms with Crippen molar-refractivity contribution in [3.8, 4) is 10.4 Å². The first-order valence-electron chi connectivity index (χ1n) is 8.47. The van der Waals surface area contributed by atoms with Crippen LogP contribution in [0, 0.1) is 12.7 Å². The Bertz CT molecular complexity index is 1230. The van der Waals surface area contributed by atoms with E-state index in [1.165, 1.54) is 23.5 Å². The van der Waals surface area contributed by atoms with Crippen molar-refractivity contribution in [2.24, 2.45) is 0 Å². The highest BCUT2D eigenvalue weighted by molar-refractivity contribution is 7.19. The largest absolute Gasteiger partial charge is 0.457 e. The highest BCUT2D eigenvalue weighted by atomic mass is 32.1. The summed E-state index contributed by atoms with van der Waals surface area (Å²) >= 11 is 2.99. The van der Waals surface area contributed by atoms with E-state index in [4.69, 9.17) is 4.74 Å². The Morgan fingerprint density at radius 2 is 2.07 bits per heavy atom. The molecular weight excluding hydrogens is 399 g/mol.